The van der Waals surface area contributed by atoms with Crippen LogP contribution in [0.2, 0.25) is 0 Å². The number of hydrogen-bond donors (Lipinski definition) is 0. The van der Waals surface area contributed by atoms with Crippen molar-refractivity contribution in [3.8, 4) is 5.75 Å². The average molecular weight is 451 g/mol. The van der Waals surface area contributed by atoms with Gasteiger partial charge in [-0.05, 0) is 17.7 Å². The summed E-state index contributed by atoms with van der Waals surface area (Å²) in [5.74, 6) is 2.06. The number of hydrogen-bond acceptors (Lipinski definition) is 5. The Morgan fingerprint density at radius 2 is 1.85 bits per heavy atom. The smallest absolute Gasteiger partial charge is 0.186 e. The molecule has 1 aromatic carbocycles. The van der Waals surface area contributed by atoms with Gasteiger partial charge >= 0.3 is 0 Å². The maximum Gasteiger partial charge on any atom is 0.186 e. The van der Waals surface area contributed by atoms with E-state index in [0.29, 0.717) is 20.0 Å². The predicted octanol–water partition coefficient (Wildman–Crippen LogP) is 1.76. The third kappa shape index (κ3) is 6.33. The molecule has 0 amide bonds. The fourth-order valence-electron chi connectivity index (χ4n) is 1.55. The molecule has 2 rings (SSSR count). The second-order valence-electron chi connectivity index (χ2n) is 4.25. The van der Waals surface area contributed by atoms with Gasteiger partial charge in [-0.25, -0.2) is 5.92 Å². The van der Waals surface area contributed by atoms with E-state index in [0.717, 1.165) is 24.5 Å². The quantitative estimate of drug-likeness (QED) is 0.326. The number of benzene rings is 1. The van der Waals surface area contributed by atoms with Gasteiger partial charge in [-0.3, -0.25) is 0 Å². The molecule has 0 bridgehead atoms. The summed E-state index contributed by atoms with van der Waals surface area (Å²) in [6.07, 6.45) is 0. The van der Waals surface area contributed by atoms with Crippen LogP contribution in [0.5, 0.6) is 5.75 Å². The van der Waals surface area contributed by atoms with E-state index in [9.17, 15) is 0 Å². The Kier molecular flexibility index (Phi) is 9.06. The Morgan fingerprint density at radius 1 is 1.10 bits per heavy atom. The number of methoxy groups -OCH3 is 1. The molecule has 1 heterocycles. The fourth-order valence-corrected chi connectivity index (χ4v) is 1.55. The van der Waals surface area contributed by atoms with Gasteiger partial charge in [0.15, 0.2) is 6.79 Å². The molecule has 1 aliphatic heterocycles. The van der Waals surface area contributed by atoms with E-state index in [1.165, 1.54) is 5.92 Å². The van der Waals surface area contributed by atoms with Gasteiger partial charge in [0.05, 0.1) is 6.61 Å². The van der Waals surface area contributed by atoms with E-state index >= 15 is 0 Å². The van der Waals surface area contributed by atoms with Gasteiger partial charge in [-0.1, -0.05) is 32.0 Å². The van der Waals surface area contributed by atoms with Crippen molar-refractivity contribution in [1.82, 2.24) is 0 Å². The molecule has 0 N–H and O–H groups in total. The van der Waals surface area contributed by atoms with Crippen molar-refractivity contribution in [3.05, 3.63) is 35.7 Å². The minimum Gasteiger partial charge on any atom is -0.468 e. The maximum absolute atomic E-state index is 5.46. The molecule has 0 unspecified atom stereocenters. The number of rotatable bonds is 9. The van der Waals surface area contributed by atoms with E-state index in [-0.39, 0.29) is 27.9 Å². The largest absolute Gasteiger partial charge is 0.468 e. The van der Waals surface area contributed by atoms with Crippen molar-refractivity contribution < 1.29 is 44.7 Å². The van der Waals surface area contributed by atoms with Crippen LogP contribution in [-0.2, 0) is 46.6 Å². The van der Waals surface area contributed by atoms with Gasteiger partial charge < -0.3 is 23.7 Å². The molecular weight excluding hydrogens is 432 g/mol. The van der Waals surface area contributed by atoms with Gasteiger partial charge in [-0.15, -0.1) is 0 Å². The Labute approximate surface area is 133 Å². The SMILES string of the molecule is COCOCc1ccc(OCOC[C-]2COC2)cc1.[W]. The van der Waals surface area contributed by atoms with E-state index in [1.807, 2.05) is 24.3 Å². The molecule has 1 saturated heterocycles. The molecule has 112 valence electrons. The molecule has 0 aromatic heterocycles. The normalized spacial score (nSPS) is 14.4. The van der Waals surface area contributed by atoms with Crippen molar-refractivity contribution in [2.24, 2.45) is 0 Å². The minimum atomic E-state index is 0. The Hall–Kier alpha value is -0.452. The number of ether oxygens (including phenoxy) is 5. The van der Waals surface area contributed by atoms with Crippen LogP contribution < -0.4 is 4.74 Å². The molecular formula is C14H19O5W-. The van der Waals surface area contributed by atoms with Crippen LogP contribution in [0.15, 0.2) is 24.3 Å². The van der Waals surface area contributed by atoms with E-state index < -0.39 is 0 Å². The van der Waals surface area contributed by atoms with Crippen molar-refractivity contribution in [2.45, 2.75) is 6.61 Å². The Bertz CT molecular complexity index is 353. The Morgan fingerprint density at radius 3 is 2.45 bits per heavy atom. The van der Waals surface area contributed by atoms with Crippen LogP contribution in [0.25, 0.3) is 0 Å². The van der Waals surface area contributed by atoms with Gasteiger partial charge in [0.25, 0.3) is 0 Å². The predicted molar refractivity (Wildman–Crippen MR) is 68.6 cm³/mol. The Balaban J connectivity index is 0.00000200. The molecule has 0 spiro atoms. The van der Waals surface area contributed by atoms with Crippen molar-refractivity contribution in [2.75, 3.05) is 40.5 Å². The summed E-state index contributed by atoms with van der Waals surface area (Å²) in [4.78, 5) is 0. The van der Waals surface area contributed by atoms with E-state index in [2.05, 4.69) is 0 Å². The molecule has 6 heteroatoms. The minimum absolute atomic E-state index is 0. The van der Waals surface area contributed by atoms with Gasteiger partial charge in [-0.2, -0.15) is 0 Å². The second kappa shape index (κ2) is 10.3. The molecule has 1 aromatic rings. The molecule has 0 radical (unpaired) electrons. The zero-order chi connectivity index (χ0) is 13.3. The monoisotopic (exact) mass is 451 g/mol. The fraction of sp³-hybridized carbons (Fsp3) is 0.500. The van der Waals surface area contributed by atoms with Crippen LogP contribution >= 0.6 is 0 Å². The molecule has 0 saturated carbocycles. The first kappa shape index (κ1) is 17.6. The first-order chi connectivity index (χ1) is 9.38. The summed E-state index contributed by atoms with van der Waals surface area (Å²) in [5, 5.41) is 0. The first-order valence-corrected chi connectivity index (χ1v) is 6.16. The molecule has 1 aliphatic rings. The summed E-state index contributed by atoms with van der Waals surface area (Å²) < 4.78 is 25.9. The summed E-state index contributed by atoms with van der Waals surface area (Å²) in [7, 11) is 1.60. The molecule has 5 nitrogen and oxygen atoms in total. The topological polar surface area (TPSA) is 46.2 Å². The molecule has 1 fully saturated rings. The van der Waals surface area contributed by atoms with Gasteiger partial charge in [0.1, 0.15) is 12.5 Å². The zero-order valence-corrected chi connectivity index (χ0v) is 14.4. The third-order valence-corrected chi connectivity index (χ3v) is 2.62. The van der Waals surface area contributed by atoms with Crippen molar-refractivity contribution in [1.29, 1.82) is 0 Å². The van der Waals surface area contributed by atoms with Crippen LogP contribution in [0.1, 0.15) is 5.56 Å². The zero-order valence-electron chi connectivity index (χ0n) is 11.5. The van der Waals surface area contributed by atoms with Gasteiger partial charge in [0, 0.05) is 28.2 Å². The van der Waals surface area contributed by atoms with Crippen LogP contribution in [-0.4, -0.2) is 40.5 Å². The maximum atomic E-state index is 5.46. The molecule has 0 atom stereocenters. The van der Waals surface area contributed by atoms with Crippen LogP contribution in [0, 0.1) is 5.92 Å². The summed E-state index contributed by atoms with van der Waals surface area (Å²) in [6, 6.07) is 7.71. The standard InChI is InChI=1S/C14H19O5.W/c1-15-10-17-6-12-2-4-14(5-3-12)19-11-18-9-13-7-16-8-13;/h2-5H,6-11H2,1H3;/q-1;. The molecule has 0 aliphatic carbocycles. The summed E-state index contributed by atoms with van der Waals surface area (Å²) in [5.41, 5.74) is 1.08. The van der Waals surface area contributed by atoms with Crippen LogP contribution in [0.3, 0.4) is 0 Å². The van der Waals surface area contributed by atoms with Gasteiger partial charge in [0.2, 0.25) is 0 Å². The second-order valence-corrected chi connectivity index (χ2v) is 4.25. The summed E-state index contributed by atoms with van der Waals surface area (Å²) in [6.45, 7) is 3.13. The van der Waals surface area contributed by atoms with Crippen molar-refractivity contribution in [3.63, 3.8) is 0 Å². The van der Waals surface area contributed by atoms with Crippen molar-refractivity contribution >= 4 is 0 Å². The van der Waals surface area contributed by atoms with E-state index in [1.54, 1.807) is 7.11 Å². The van der Waals surface area contributed by atoms with E-state index in [4.69, 9.17) is 23.7 Å². The van der Waals surface area contributed by atoms with Crippen LogP contribution in [0.4, 0.5) is 0 Å². The first-order valence-electron chi connectivity index (χ1n) is 6.16. The average Bonchev–Trinajstić information content (AvgIpc) is 2.38. The third-order valence-electron chi connectivity index (χ3n) is 2.62. The summed E-state index contributed by atoms with van der Waals surface area (Å²) >= 11 is 0. The molecule has 20 heavy (non-hydrogen) atoms.